The van der Waals surface area contributed by atoms with Crippen LogP contribution >= 0.6 is 0 Å². The zero-order chi connectivity index (χ0) is 26.8. The first-order valence-electron chi connectivity index (χ1n) is 12.5. The summed E-state index contributed by atoms with van der Waals surface area (Å²) >= 11 is 0. The fourth-order valence-electron chi connectivity index (χ4n) is 6.38. The molecule has 0 bridgehead atoms. The number of nitrogens with zero attached hydrogens (tertiary/aromatic N) is 2. The van der Waals surface area contributed by atoms with Gasteiger partial charge in [-0.25, -0.2) is 8.78 Å². The molecule has 198 valence electrons. The molecule has 5 rings (SSSR count). The zero-order valence-electron chi connectivity index (χ0n) is 20.7. The van der Waals surface area contributed by atoms with E-state index in [2.05, 4.69) is 0 Å². The van der Waals surface area contributed by atoms with Gasteiger partial charge < -0.3 is 9.80 Å². The van der Waals surface area contributed by atoms with Crippen LogP contribution in [0.1, 0.15) is 48.9 Å². The van der Waals surface area contributed by atoms with Crippen molar-refractivity contribution in [2.75, 3.05) is 19.6 Å². The Morgan fingerprint density at radius 1 is 1.05 bits per heavy atom. The topological polar surface area (TPSA) is 40.6 Å². The summed E-state index contributed by atoms with van der Waals surface area (Å²) in [6.45, 7) is 3.25. The standard InChI is InChI=1S/C28H29F5N2O2/c1-17(36)34-15-20(16-34)25(37)35-12-11-27(14-18-3-7-22(29)8-4-18)23-9-6-21(26(2,30)28(31,32)33)13-19(23)5-10-24(27)35/h3-4,6-9,13,20,24H,5,10-12,14-16H2,1-2H3/t24-,26?,27-/m1/s1. The molecule has 0 N–H and O–H groups in total. The predicted molar refractivity (Wildman–Crippen MR) is 127 cm³/mol. The third-order valence-electron chi connectivity index (χ3n) is 8.61. The lowest BCUT2D eigenvalue weighted by Gasteiger charge is -2.46. The summed E-state index contributed by atoms with van der Waals surface area (Å²) in [5.74, 6) is -0.730. The molecule has 37 heavy (non-hydrogen) atoms. The highest BCUT2D eigenvalue weighted by atomic mass is 19.4. The van der Waals surface area contributed by atoms with Gasteiger partial charge in [0.1, 0.15) is 5.82 Å². The maximum Gasteiger partial charge on any atom is 0.426 e. The first-order valence-corrected chi connectivity index (χ1v) is 12.5. The second-order valence-electron chi connectivity index (χ2n) is 10.8. The molecule has 0 radical (unpaired) electrons. The summed E-state index contributed by atoms with van der Waals surface area (Å²) in [5.41, 5.74) is -2.16. The van der Waals surface area contributed by atoms with Gasteiger partial charge in [0.15, 0.2) is 0 Å². The highest BCUT2D eigenvalue weighted by Crippen LogP contribution is 2.51. The molecule has 2 aliphatic heterocycles. The van der Waals surface area contributed by atoms with Gasteiger partial charge in [0.2, 0.25) is 17.5 Å². The van der Waals surface area contributed by atoms with Crippen LogP contribution in [0, 0.1) is 11.7 Å². The van der Waals surface area contributed by atoms with E-state index in [1.54, 1.807) is 23.1 Å². The molecule has 2 fully saturated rings. The van der Waals surface area contributed by atoms with Crippen LogP contribution in [-0.2, 0) is 33.5 Å². The average molecular weight is 521 g/mol. The number of alkyl halides is 4. The molecule has 4 nitrogen and oxygen atoms in total. The SMILES string of the molecule is CC(=O)N1CC(C(=O)N2CC[C@@]3(Cc4ccc(F)cc4)c4ccc(C(C)(F)C(F)(F)F)cc4CC[C@@H]23)C1. The molecule has 1 unspecified atom stereocenters. The summed E-state index contributed by atoms with van der Waals surface area (Å²) in [6.07, 6.45) is -3.03. The Morgan fingerprint density at radius 3 is 2.35 bits per heavy atom. The highest BCUT2D eigenvalue weighted by molar-refractivity contribution is 5.84. The molecule has 2 aromatic rings. The second-order valence-corrected chi connectivity index (χ2v) is 10.8. The quantitative estimate of drug-likeness (QED) is 0.528. The molecule has 9 heteroatoms. The molecule has 3 aliphatic rings. The van der Waals surface area contributed by atoms with Crippen LogP contribution in [0.15, 0.2) is 42.5 Å². The van der Waals surface area contributed by atoms with Gasteiger partial charge in [0, 0.05) is 38.0 Å². The van der Waals surface area contributed by atoms with Crippen molar-refractivity contribution < 1.29 is 31.5 Å². The van der Waals surface area contributed by atoms with Crippen LogP contribution < -0.4 is 0 Å². The van der Waals surface area contributed by atoms with Crippen LogP contribution in [0.4, 0.5) is 22.0 Å². The van der Waals surface area contributed by atoms with Gasteiger partial charge in [-0.15, -0.1) is 0 Å². The maximum atomic E-state index is 14.8. The molecule has 0 aromatic heterocycles. The van der Waals surface area contributed by atoms with Crippen molar-refractivity contribution in [1.82, 2.24) is 9.80 Å². The van der Waals surface area contributed by atoms with Crippen LogP contribution in [0.2, 0.25) is 0 Å². The number of benzene rings is 2. The molecule has 1 aliphatic carbocycles. The second kappa shape index (κ2) is 8.81. The summed E-state index contributed by atoms with van der Waals surface area (Å²) in [6, 6.07) is 10.0. The number of aryl methyl sites for hydroxylation is 1. The molecule has 0 spiro atoms. The Hall–Kier alpha value is -2.97. The minimum atomic E-state index is -5.04. The summed E-state index contributed by atoms with van der Waals surface area (Å²) in [4.78, 5) is 28.6. The zero-order valence-corrected chi connectivity index (χ0v) is 20.7. The van der Waals surface area contributed by atoms with Crippen molar-refractivity contribution in [3.8, 4) is 0 Å². The first kappa shape index (κ1) is 25.7. The average Bonchev–Trinajstić information content (AvgIpc) is 3.17. The van der Waals surface area contributed by atoms with Crippen molar-refractivity contribution in [1.29, 1.82) is 0 Å². The van der Waals surface area contributed by atoms with E-state index in [0.717, 1.165) is 11.1 Å². The van der Waals surface area contributed by atoms with E-state index < -0.39 is 22.8 Å². The van der Waals surface area contributed by atoms with E-state index >= 15 is 0 Å². The lowest BCUT2D eigenvalue weighted by Crippen LogP contribution is -2.58. The van der Waals surface area contributed by atoms with E-state index in [-0.39, 0.29) is 29.6 Å². The van der Waals surface area contributed by atoms with Gasteiger partial charge in [-0.2, -0.15) is 13.2 Å². The van der Waals surface area contributed by atoms with Crippen LogP contribution in [0.25, 0.3) is 0 Å². The van der Waals surface area contributed by atoms with E-state index in [1.165, 1.54) is 31.2 Å². The first-order chi connectivity index (χ1) is 17.3. The number of rotatable bonds is 4. The predicted octanol–water partition coefficient (Wildman–Crippen LogP) is 5.08. The molecule has 3 atom stereocenters. The van der Waals surface area contributed by atoms with Gasteiger partial charge in [-0.3, -0.25) is 9.59 Å². The maximum absolute atomic E-state index is 14.8. The van der Waals surface area contributed by atoms with Crippen molar-refractivity contribution >= 4 is 11.8 Å². The van der Waals surface area contributed by atoms with Gasteiger partial charge in [-0.05, 0) is 67.0 Å². The van der Waals surface area contributed by atoms with Crippen molar-refractivity contribution in [2.24, 2.45) is 5.92 Å². The summed E-state index contributed by atoms with van der Waals surface area (Å²) in [7, 11) is 0. The molecular weight excluding hydrogens is 491 g/mol. The van der Waals surface area contributed by atoms with Crippen molar-refractivity contribution in [3.05, 3.63) is 70.5 Å². The van der Waals surface area contributed by atoms with Crippen LogP contribution in [0.5, 0.6) is 0 Å². The minimum absolute atomic E-state index is 0.0167. The van der Waals surface area contributed by atoms with Gasteiger partial charge in [0.05, 0.1) is 5.92 Å². The number of hydrogen-bond acceptors (Lipinski definition) is 2. The summed E-state index contributed by atoms with van der Waals surface area (Å²) < 4.78 is 68.7. The Kier molecular flexibility index (Phi) is 6.11. The number of halogens is 5. The van der Waals surface area contributed by atoms with E-state index in [0.29, 0.717) is 57.8 Å². The number of carbonyl (C=O) groups is 2. The number of likely N-dealkylation sites (tertiary alicyclic amines) is 2. The fraction of sp³-hybridized carbons (Fsp3) is 0.500. The highest BCUT2D eigenvalue weighted by Gasteiger charge is 2.56. The Morgan fingerprint density at radius 2 is 1.73 bits per heavy atom. The largest absolute Gasteiger partial charge is 0.426 e. The smallest absolute Gasteiger partial charge is 0.341 e. The number of carbonyl (C=O) groups excluding carboxylic acids is 2. The minimum Gasteiger partial charge on any atom is -0.341 e. The van der Waals surface area contributed by atoms with Crippen LogP contribution in [0.3, 0.4) is 0 Å². The molecule has 2 heterocycles. The van der Waals surface area contributed by atoms with Crippen LogP contribution in [-0.4, -0.2) is 53.5 Å². The van der Waals surface area contributed by atoms with Gasteiger partial charge in [-0.1, -0.05) is 30.3 Å². The van der Waals surface area contributed by atoms with Gasteiger partial charge >= 0.3 is 6.18 Å². The fourth-order valence-corrected chi connectivity index (χ4v) is 6.38. The lowest BCUT2D eigenvalue weighted by atomic mass is 9.63. The number of fused-ring (bicyclic) bond motifs is 3. The summed E-state index contributed by atoms with van der Waals surface area (Å²) in [5, 5.41) is 0. The number of amides is 2. The molecule has 2 amide bonds. The molecule has 0 saturated carbocycles. The Bertz CT molecular complexity index is 1220. The van der Waals surface area contributed by atoms with E-state index in [1.807, 2.05) is 4.90 Å². The van der Waals surface area contributed by atoms with Crippen molar-refractivity contribution in [3.63, 3.8) is 0 Å². The third-order valence-corrected chi connectivity index (χ3v) is 8.61. The third kappa shape index (κ3) is 4.20. The normalized spacial score (nSPS) is 25.2. The van der Waals surface area contributed by atoms with Crippen molar-refractivity contribution in [2.45, 2.75) is 62.8 Å². The van der Waals surface area contributed by atoms with Gasteiger partial charge in [0.25, 0.3) is 0 Å². The molecular formula is C28H29F5N2O2. The van der Waals surface area contributed by atoms with E-state index in [9.17, 15) is 31.5 Å². The molecule has 2 aromatic carbocycles. The monoisotopic (exact) mass is 520 g/mol. The Labute approximate surface area is 212 Å². The Balaban J connectivity index is 1.51. The van der Waals surface area contributed by atoms with E-state index in [4.69, 9.17) is 0 Å². The molecule has 2 saturated heterocycles. The number of hydrogen-bond donors (Lipinski definition) is 0. The lowest BCUT2D eigenvalue weighted by molar-refractivity contribution is -0.228.